The number of halogens is 2. The van der Waals surface area contributed by atoms with Crippen molar-refractivity contribution >= 4 is 51.8 Å². The maximum atomic E-state index is 13.6. The lowest BCUT2D eigenvalue weighted by Gasteiger charge is -2.16. The molecule has 0 spiro atoms. The quantitative estimate of drug-likeness (QED) is 0.176. The highest BCUT2D eigenvalue weighted by Crippen LogP contribution is 2.28. The number of hydrogen-bond donors (Lipinski definition) is 0. The Morgan fingerprint density at radius 2 is 1.79 bits per heavy atom. The number of fused-ring (bicyclic) bond motifs is 2. The van der Waals surface area contributed by atoms with E-state index in [-0.39, 0.29) is 51.6 Å². The highest BCUT2D eigenvalue weighted by atomic mass is 35.5. The number of aryl methyl sites for hydroxylation is 2. The topological polar surface area (TPSA) is 104 Å². The van der Waals surface area contributed by atoms with Gasteiger partial charge in [0.2, 0.25) is 0 Å². The number of hydrogen-bond acceptors (Lipinski definition) is 6. The highest BCUT2D eigenvalue weighted by molar-refractivity contribution is 6.35. The first kappa shape index (κ1) is 29.0. The van der Waals surface area contributed by atoms with E-state index >= 15 is 0 Å². The molecule has 42 heavy (non-hydrogen) atoms. The summed E-state index contributed by atoms with van der Waals surface area (Å²) in [6.07, 6.45) is 1.03. The minimum atomic E-state index is -1.08. The molecule has 1 amide bonds. The Balaban J connectivity index is 1.72. The number of rotatable bonds is 8. The van der Waals surface area contributed by atoms with Crippen LogP contribution in [0.1, 0.15) is 29.8 Å². The fourth-order valence-corrected chi connectivity index (χ4v) is 4.91. The van der Waals surface area contributed by atoms with E-state index in [0.717, 1.165) is 5.56 Å². The summed E-state index contributed by atoms with van der Waals surface area (Å²) in [4.78, 5) is 49.4. The second-order valence-electron chi connectivity index (χ2n) is 9.36. The van der Waals surface area contributed by atoms with Crippen molar-refractivity contribution in [3.8, 4) is 5.75 Å². The van der Waals surface area contributed by atoms with Crippen LogP contribution in [0.15, 0.2) is 88.8 Å². The Bertz CT molecular complexity index is 1940. The van der Waals surface area contributed by atoms with Gasteiger partial charge in [0.1, 0.15) is 22.6 Å². The van der Waals surface area contributed by atoms with Crippen LogP contribution in [0, 0.1) is 0 Å². The Morgan fingerprint density at radius 1 is 1.02 bits per heavy atom. The zero-order valence-electron chi connectivity index (χ0n) is 22.8. The van der Waals surface area contributed by atoms with Gasteiger partial charge in [0.15, 0.2) is 11.6 Å². The fraction of sp³-hybridized carbons (Fsp3) is 0.194. The minimum Gasteiger partial charge on any atom is -0.479 e. The van der Waals surface area contributed by atoms with Crippen LogP contribution in [0.3, 0.4) is 0 Å². The van der Waals surface area contributed by atoms with Crippen molar-refractivity contribution in [1.82, 2.24) is 14.0 Å². The molecular weight excluding hydrogens is 579 g/mol. The van der Waals surface area contributed by atoms with E-state index < -0.39 is 18.0 Å². The summed E-state index contributed by atoms with van der Waals surface area (Å²) in [5.41, 5.74) is 1.27. The molecule has 0 fully saturated rings. The lowest BCUT2D eigenvalue weighted by molar-refractivity contribution is -0.124. The van der Waals surface area contributed by atoms with Gasteiger partial charge in [-0.05, 0) is 62.2 Å². The number of ether oxygens (including phenoxy) is 2. The van der Waals surface area contributed by atoms with Crippen LogP contribution < -0.4 is 15.8 Å². The molecule has 0 radical (unpaired) electrons. The number of amides is 1. The number of pyridine rings is 2. The summed E-state index contributed by atoms with van der Waals surface area (Å²) >= 11 is 12.2. The Kier molecular flexibility index (Phi) is 8.70. The smallest absolute Gasteiger partial charge is 0.341 e. The van der Waals surface area contributed by atoms with Crippen LogP contribution in [0.4, 0.5) is 0 Å². The van der Waals surface area contributed by atoms with Crippen molar-refractivity contribution in [2.24, 2.45) is 4.99 Å². The third-order valence-electron chi connectivity index (χ3n) is 6.51. The van der Waals surface area contributed by atoms with Gasteiger partial charge in [0, 0.05) is 17.8 Å². The maximum Gasteiger partial charge on any atom is 0.341 e. The molecule has 0 aliphatic heterocycles. The van der Waals surface area contributed by atoms with Crippen molar-refractivity contribution in [3.05, 3.63) is 116 Å². The average molecular weight is 605 g/mol. The molecule has 5 aromatic rings. The third kappa shape index (κ3) is 6.07. The molecule has 1 atom stereocenters. The van der Waals surface area contributed by atoms with Gasteiger partial charge in [-0.3, -0.25) is 14.0 Å². The molecule has 0 N–H and O–H groups in total. The number of carbonyl (C=O) groups is 2. The van der Waals surface area contributed by atoms with Gasteiger partial charge in [0.05, 0.1) is 17.0 Å². The average Bonchev–Trinajstić information content (AvgIpc) is 2.98. The number of nitrogens with zero attached hydrogens (tertiary/aromatic N) is 4. The lowest BCUT2D eigenvalue weighted by Crippen LogP contribution is -2.35. The molecule has 0 saturated heterocycles. The summed E-state index contributed by atoms with van der Waals surface area (Å²) in [5.74, 6) is -1.16. The Hall–Kier alpha value is -4.47. The van der Waals surface area contributed by atoms with Crippen LogP contribution in [0.5, 0.6) is 5.75 Å². The normalized spacial score (nSPS) is 12.4. The second-order valence-corrected chi connectivity index (χ2v) is 10.2. The number of benzene rings is 2. The summed E-state index contributed by atoms with van der Waals surface area (Å²) in [6, 6.07) is 20.9. The van der Waals surface area contributed by atoms with Crippen molar-refractivity contribution in [2.75, 3.05) is 6.61 Å². The van der Waals surface area contributed by atoms with Crippen LogP contribution in [0.2, 0.25) is 10.0 Å². The first-order valence-corrected chi connectivity index (χ1v) is 14.0. The standard InChI is InChI=1S/C31H26Cl2N4O5/c1-3-41-31(40)23-18-22-27(34-26-11-7-8-15-36(26)30(22)39)37(16-14-20-9-5-4-6-10-20)28(23)35-29(38)19(2)42-25-13-12-21(32)17-24(25)33/h4-13,15,17-19H,3,14,16H2,1-2H3/t19-/m0/s1. The van der Waals surface area contributed by atoms with E-state index in [9.17, 15) is 14.4 Å². The molecule has 3 heterocycles. The molecule has 2 aromatic carbocycles. The predicted molar refractivity (Wildman–Crippen MR) is 160 cm³/mol. The van der Waals surface area contributed by atoms with Gasteiger partial charge >= 0.3 is 5.97 Å². The third-order valence-corrected chi connectivity index (χ3v) is 7.04. The molecule has 9 nitrogen and oxygen atoms in total. The zero-order chi connectivity index (χ0) is 29.8. The fourth-order valence-electron chi connectivity index (χ4n) is 4.46. The maximum absolute atomic E-state index is 13.6. The number of aromatic nitrogens is 3. The second kappa shape index (κ2) is 12.6. The van der Waals surface area contributed by atoms with Crippen LogP contribution in [-0.4, -0.2) is 38.5 Å². The first-order valence-electron chi connectivity index (χ1n) is 13.2. The highest BCUT2D eigenvalue weighted by Gasteiger charge is 2.22. The van der Waals surface area contributed by atoms with Crippen molar-refractivity contribution in [2.45, 2.75) is 32.9 Å². The first-order chi connectivity index (χ1) is 20.3. The molecule has 3 aromatic heterocycles. The van der Waals surface area contributed by atoms with Gasteiger partial charge in [-0.25, -0.2) is 9.78 Å². The van der Waals surface area contributed by atoms with E-state index in [0.29, 0.717) is 17.1 Å². The van der Waals surface area contributed by atoms with E-state index in [1.165, 1.54) is 23.5 Å². The van der Waals surface area contributed by atoms with Crippen LogP contribution >= 0.6 is 23.2 Å². The van der Waals surface area contributed by atoms with Crippen LogP contribution in [-0.2, 0) is 22.5 Å². The molecule has 214 valence electrons. The summed E-state index contributed by atoms with van der Waals surface area (Å²) in [5, 5.41) is 0.828. The summed E-state index contributed by atoms with van der Waals surface area (Å²) in [6.45, 7) is 3.53. The van der Waals surface area contributed by atoms with E-state index in [1.54, 1.807) is 48.0 Å². The van der Waals surface area contributed by atoms with Gasteiger partial charge in [-0.2, -0.15) is 4.99 Å². The monoisotopic (exact) mass is 604 g/mol. The van der Waals surface area contributed by atoms with Gasteiger partial charge in [0.25, 0.3) is 11.5 Å². The minimum absolute atomic E-state index is 0.00622. The molecular formula is C31H26Cl2N4O5. The zero-order valence-corrected chi connectivity index (χ0v) is 24.3. The number of carbonyl (C=O) groups excluding carboxylic acids is 2. The van der Waals surface area contributed by atoms with E-state index in [1.807, 2.05) is 30.3 Å². The summed E-state index contributed by atoms with van der Waals surface area (Å²) in [7, 11) is 0. The Morgan fingerprint density at radius 3 is 2.52 bits per heavy atom. The summed E-state index contributed by atoms with van der Waals surface area (Å²) < 4.78 is 14.1. The van der Waals surface area contributed by atoms with Crippen molar-refractivity contribution in [3.63, 3.8) is 0 Å². The number of esters is 1. The van der Waals surface area contributed by atoms with Crippen molar-refractivity contribution < 1.29 is 19.1 Å². The molecule has 0 aliphatic carbocycles. The van der Waals surface area contributed by atoms with E-state index in [4.69, 9.17) is 37.7 Å². The molecule has 0 aliphatic rings. The van der Waals surface area contributed by atoms with Gasteiger partial charge < -0.3 is 14.0 Å². The van der Waals surface area contributed by atoms with Gasteiger partial charge in [-0.15, -0.1) is 0 Å². The molecule has 0 saturated carbocycles. The molecule has 0 unspecified atom stereocenters. The predicted octanol–water partition coefficient (Wildman–Crippen LogP) is 5.27. The molecule has 5 rings (SSSR count). The van der Waals surface area contributed by atoms with E-state index in [2.05, 4.69) is 4.99 Å². The van der Waals surface area contributed by atoms with Crippen molar-refractivity contribution in [1.29, 1.82) is 0 Å². The Labute approximate surface area is 250 Å². The molecule has 11 heteroatoms. The lowest BCUT2D eigenvalue weighted by atomic mass is 10.1. The SMILES string of the molecule is CCOC(=O)c1cc2c(=O)n3ccccc3nc2n(CCc2ccccc2)c1=NC(=O)[C@H](C)Oc1ccc(Cl)cc1Cl. The largest absolute Gasteiger partial charge is 0.479 e. The van der Waals surface area contributed by atoms with Crippen LogP contribution in [0.25, 0.3) is 16.7 Å². The van der Waals surface area contributed by atoms with Gasteiger partial charge in [-0.1, -0.05) is 59.6 Å². The molecule has 0 bridgehead atoms.